The normalized spacial score (nSPS) is 12.2. The summed E-state index contributed by atoms with van der Waals surface area (Å²) in [4.78, 5) is 5.20. The van der Waals surface area contributed by atoms with Crippen molar-refractivity contribution in [3.05, 3.63) is 70.3 Å². The number of hydrogen-bond donors (Lipinski definition) is 0. The summed E-state index contributed by atoms with van der Waals surface area (Å²) in [5.74, 6) is 0.0659. The molecule has 1 aromatic heterocycles. The lowest BCUT2D eigenvalue weighted by Crippen LogP contribution is -2.14. The second-order valence-electron chi connectivity index (χ2n) is 5.62. The van der Waals surface area contributed by atoms with Crippen molar-refractivity contribution in [2.24, 2.45) is 10.1 Å². The SMILES string of the molecule is COCCN=c1scc(-c2ccccc2)n1/N=C\c1ccccc1OC(F)F. The molecule has 0 saturated carbocycles. The number of nitrogens with zero attached hydrogens (tertiary/aromatic N) is 3. The molecule has 5 nitrogen and oxygen atoms in total. The maximum absolute atomic E-state index is 12.6. The Morgan fingerprint density at radius 2 is 1.86 bits per heavy atom. The van der Waals surface area contributed by atoms with Crippen molar-refractivity contribution in [2.45, 2.75) is 6.61 Å². The molecule has 0 N–H and O–H groups in total. The minimum atomic E-state index is -2.90. The van der Waals surface area contributed by atoms with Crippen LogP contribution in [0.15, 0.2) is 70.1 Å². The number of para-hydroxylation sites is 1. The number of benzene rings is 2. The molecule has 0 saturated heterocycles. The molecule has 0 spiro atoms. The Bertz CT molecular complexity index is 984. The smallest absolute Gasteiger partial charge is 0.387 e. The summed E-state index contributed by atoms with van der Waals surface area (Å²) in [7, 11) is 1.62. The zero-order valence-corrected chi connectivity index (χ0v) is 16.0. The first kappa shape index (κ1) is 19.9. The third-order valence-electron chi connectivity index (χ3n) is 3.74. The van der Waals surface area contributed by atoms with Crippen molar-refractivity contribution in [2.75, 3.05) is 20.3 Å². The molecule has 0 aliphatic rings. The average molecular weight is 403 g/mol. The van der Waals surface area contributed by atoms with Crippen molar-refractivity contribution in [3.8, 4) is 17.0 Å². The largest absolute Gasteiger partial charge is 0.434 e. The Labute approximate surface area is 165 Å². The van der Waals surface area contributed by atoms with E-state index in [0.29, 0.717) is 23.5 Å². The molecule has 28 heavy (non-hydrogen) atoms. The number of aromatic nitrogens is 1. The van der Waals surface area contributed by atoms with Gasteiger partial charge >= 0.3 is 6.61 Å². The number of halogens is 2. The lowest BCUT2D eigenvalue weighted by molar-refractivity contribution is -0.0499. The van der Waals surface area contributed by atoms with Crippen LogP contribution < -0.4 is 9.54 Å². The average Bonchev–Trinajstić information content (AvgIpc) is 3.10. The van der Waals surface area contributed by atoms with Crippen LogP contribution in [0, 0.1) is 0 Å². The highest BCUT2D eigenvalue weighted by Crippen LogP contribution is 2.21. The van der Waals surface area contributed by atoms with Gasteiger partial charge in [-0.25, -0.2) is 4.68 Å². The molecule has 3 rings (SSSR count). The Morgan fingerprint density at radius 3 is 2.61 bits per heavy atom. The molecule has 0 atom stereocenters. The van der Waals surface area contributed by atoms with E-state index in [0.717, 1.165) is 11.3 Å². The quantitative estimate of drug-likeness (QED) is 0.417. The van der Waals surface area contributed by atoms with Crippen LogP contribution in [0.5, 0.6) is 5.75 Å². The van der Waals surface area contributed by atoms with Crippen LogP contribution in [-0.2, 0) is 4.74 Å². The molecule has 0 aliphatic carbocycles. The van der Waals surface area contributed by atoms with Gasteiger partial charge in [0.1, 0.15) is 5.75 Å². The van der Waals surface area contributed by atoms with Gasteiger partial charge in [-0.1, -0.05) is 42.5 Å². The van der Waals surface area contributed by atoms with Crippen molar-refractivity contribution in [1.29, 1.82) is 0 Å². The first-order valence-corrected chi connectivity index (χ1v) is 9.40. The zero-order chi connectivity index (χ0) is 19.8. The van der Waals surface area contributed by atoms with Crippen LogP contribution in [0.4, 0.5) is 8.78 Å². The predicted molar refractivity (Wildman–Crippen MR) is 106 cm³/mol. The maximum atomic E-state index is 12.6. The number of thiazole rings is 1. The fraction of sp³-hybridized carbons (Fsp3) is 0.200. The molecule has 2 aromatic carbocycles. The molecular formula is C20H19F2N3O2S. The topological polar surface area (TPSA) is 48.1 Å². The van der Waals surface area contributed by atoms with Crippen LogP contribution in [0.1, 0.15) is 5.56 Å². The van der Waals surface area contributed by atoms with Gasteiger partial charge in [-0.05, 0) is 12.1 Å². The van der Waals surface area contributed by atoms with Gasteiger partial charge in [0.25, 0.3) is 0 Å². The minimum absolute atomic E-state index is 0.0659. The summed E-state index contributed by atoms with van der Waals surface area (Å²) < 4.78 is 36.6. The lowest BCUT2D eigenvalue weighted by atomic mass is 10.2. The zero-order valence-electron chi connectivity index (χ0n) is 15.2. The third kappa shape index (κ3) is 5.11. The van der Waals surface area contributed by atoms with E-state index >= 15 is 0 Å². The fourth-order valence-electron chi connectivity index (χ4n) is 2.47. The van der Waals surface area contributed by atoms with Crippen molar-refractivity contribution >= 4 is 17.6 Å². The minimum Gasteiger partial charge on any atom is -0.434 e. The number of rotatable bonds is 8. The number of ether oxygens (including phenoxy) is 2. The van der Waals surface area contributed by atoms with Gasteiger partial charge in [0.15, 0.2) is 0 Å². The summed E-state index contributed by atoms with van der Waals surface area (Å²) in [6, 6.07) is 16.3. The predicted octanol–water partition coefficient (Wildman–Crippen LogP) is 4.25. The van der Waals surface area contributed by atoms with Crippen LogP contribution >= 0.6 is 11.3 Å². The second kappa shape index (κ2) is 9.91. The standard InChI is InChI=1S/C20H19F2N3O2S/c1-26-12-11-23-20-25(17(14-28-20)15-7-3-2-4-8-15)24-13-16-9-5-6-10-18(16)27-19(21)22/h2-10,13-14,19H,11-12H2,1H3/b23-20?,24-13-. The highest BCUT2D eigenvalue weighted by Gasteiger charge is 2.09. The van der Waals surface area contributed by atoms with Gasteiger partial charge in [0.05, 0.1) is 25.1 Å². The van der Waals surface area contributed by atoms with Gasteiger partial charge in [-0.2, -0.15) is 13.9 Å². The van der Waals surface area contributed by atoms with Crippen LogP contribution in [-0.4, -0.2) is 37.8 Å². The van der Waals surface area contributed by atoms with Gasteiger partial charge in [0.2, 0.25) is 4.80 Å². The van der Waals surface area contributed by atoms with Crippen molar-refractivity contribution in [1.82, 2.24) is 4.68 Å². The molecule has 1 heterocycles. The molecule has 0 aliphatic heterocycles. The first-order chi connectivity index (χ1) is 13.7. The van der Waals surface area contributed by atoms with Crippen LogP contribution in [0.25, 0.3) is 11.3 Å². The Kier molecular flexibility index (Phi) is 7.05. The molecular weight excluding hydrogens is 384 g/mol. The van der Waals surface area contributed by atoms with E-state index in [9.17, 15) is 8.78 Å². The van der Waals surface area contributed by atoms with E-state index in [1.165, 1.54) is 23.6 Å². The molecule has 146 valence electrons. The Morgan fingerprint density at radius 1 is 1.11 bits per heavy atom. The lowest BCUT2D eigenvalue weighted by Gasteiger charge is -2.07. The van der Waals surface area contributed by atoms with E-state index in [4.69, 9.17) is 4.74 Å². The van der Waals surface area contributed by atoms with E-state index in [1.807, 2.05) is 35.7 Å². The van der Waals surface area contributed by atoms with E-state index < -0.39 is 6.61 Å². The van der Waals surface area contributed by atoms with Gasteiger partial charge < -0.3 is 9.47 Å². The highest BCUT2D eigenvalue weighted by atomic mass is 32.1. The summed E-state index contributed by atoms with van der Waals surface area (Å²) >= 11 is 1.45. The molecule has 8 heteroatoms. The molecule has 0 unspecified atom stereocenters. The van der Waals surface area contributed by atoms with E-state index in [2.05, 4.69) is 14.8 Å². The Hall–Kier alpha value is -2.84. The van der Waals surface area contributed by atoms with Crippen LogP contribution in [0.3, 0.4) is 0 Å². The second-order valence-corrected chi connectivity index (χ2v) is 6.45. The van der Waals surface area contributed by atoms with Gasteiger partial charge in [-0.3, -0.25) is 4.99 Å². The summed E-state index contributed by atoms with van der Waals surface area (Å²) in [5, 5.41) is 6.46. The monoisotopic (exact) mass is 403 g/mol. The summed E-state index contributed by atoms with van der Waals surface area (Å²) in [5.41, 5.74) is 2.27. The molecule has 3 aromatic rings. The fourth-order valence-corrected chi connectivity index (χ4v) is 3.33. The Balaban J connectivity index is 2.01. The van der Waals surface area contributed by atoms with Gasteiger partial charge in [0, 0.05) is 23.6 Å². The van der Waals surface area contributed by atoms with E-state index in [-0.39, 0.29) is 5.75 Å². The van der Waals surface area contributed by atoms with Crippen LogP contribution in [0.2, 0.25) is 0 Å². The molecule has 0 bridgehead atoms. The number of methoxy groups -OCH3 is 1. The highest BCUT2D eigenvalue weighted by molar-refractivity contribution is 7.07. The van der Waals surface area contributed by atoms with Crippen molar-refractivity contribution in [3.63, 3.8) is 0 Å². The maximum Gasteiger partial charge on any atom is 0.387 e. The molecule has 0 amide bonds. The van der Waals surface area contributed by atoms with Crippen molar-refractivity contribution < 1.29 is 18.3 Å². The van der Waals surface area contributed by atoms with Gasteiger partial charge in [-0.15, -0.1) is 11.3 Å². The third-order valence-corrected chi connectivity index (χ3v) is 4.60. The summed E-state index contributed by atoms with van der Waals surface area (Å²) in [6.07, 6.45) is 1.49. The number of alkyl halides is 2. The van der Waals surface area contributed by atoms with E-state index in [1.54, 1.807) is 30.0 Å². The molecule has 0 fully saturated rings. The molecule has 0 radical (unpaired) electrons. The summed E-state index contributed by atoms with van der Waals surface area (Å²) in [6.45, 7) is -1.91. The first-order valence-electron chi connectivity index (χ1n) is 8.52. The number of hydrogen-bond acceptors (Lipinski definition) is 5.